The van der Waals surface area contributed by atoms with E-state index in [9.17, 15) is 8.42 Å². The normalized spacial score (nSPS) is 12.0. The van der Waals surface area contributed by atoms with Gasteiger partial charge in [-0.3, -0.25) is 0 Å². The first-order chi connectivity index (χ1) is 10.8. The van der Waals surface area contributed by atoms with Crippen LogP contribution in [-0.4, -0.2) is 23.7 Å². The molecule has 0 spiro atoms. The Balaban J connectivity index is 2.35. The van der Waals surface area contributed by atoms with Crippen LogP contribution in [0.3, 0.4) is 0 Å². The fraction of sp³-hybridized carbons (Fsp3) is 0.235. The van der Waals surface area contributed by atoms with Gasteiger partial charge in [-0.1, -0.05) is 19.1 Å². The zero-order chi connectivity index (χ0) is 16.8. The van der Waals surface area contributed by atoms with Gasteiger partial charge in [0.1, 0.15) is 5.82 Å². The second-order valence-corrected chi connectivity index (χ2v) is 8.61. The predicted octanol–water partition coefficient (Wildman–Crippen LogP) is 4.10. The molecule has 2 aromatic carbocycles. The van der Waals surface area contributed by atoms with E-state index in [0.29, 0.717) is 16.3 Å². The molecule has 0 bridgehead atoms. The van der Waals surface area contributed by atoms with Crippen LogP contribution in [0.25, 0.3) is 22.4 Å². The van der Waals surface area contributed by atoms with E-state index in [4.69, 9.17) is 0 Å². The van der Waals surface area contributed by atoms with E-state index in [-0.39, 0.29) is 5.75 Å². The largest absolute Gasteiger partial charge is 0.326 e. The number of fused-ring (bicyclic) bond motifs is 1. The summed E-state index contributed by atoms with van der Waals surface area (Å²) in [6.07, 6.45) is 0. The number of hydrogen-bond acceptors (Lipinski definition) is 3. The molecule has 0 amide bonds. The maximum atomic E-state index is 12.4. The summed E-state index contributed by atoms with van der Waals surface area (Å²) in [6, 6.07) is 11.1. The number of hydrogen-bond donors (Lipinski definition) is 0. The minimum atomic E-state index is -3.31. The summed E-state index contributed by atoms with van der Waals surface area (Å²) >= 11 is 3.58. The van der Waals surface area contributed by atoms with Gasteiger partial charge in [-0.25, -0.2) is 13.4 Å². The van der Waals surface area contributed by atoms with Gasteiger partial charge in [-0.2, -0.15) is 0 Å². The Bertz CT molecular complexity index is 1010. The van der Waals surface area contributed by atoms with Crippen LogP contribution in [0, 0.1) is 6.92 Å². The van der Waals surface area contributed by atoms with Crippen LogP contribution in [-0.2, 0) is 16.9 Å². The number of aromatic nitrogens is 2. The van der Waals surface area contributed by atoms with Crippen molar-refractivity contribution in [1.82, 2.24) is 9.55 Å². The molecule has 23 heavy (non-hydrogen) atoms. The van der Waals surface area contributed by atoms with Gasteiger partial charge in [-0.15, -0.1) is 0 Å². The molecule has 6 heteroatoms. The molecular formula is C17H17BrN2O2S. The van der Waals surface area contributed by atoms with Gasteiger partial charge in [0.2, 0.25) is 0 Å². The zero-order valence-electron chi connectivity index (χ0n) is 13.2. The van der Waals surface area contributed by atoms with Gasteiger partial charge in [0, 0.05) is 17.1 Å². The molecule has 0 aliphatic heterocycles. The molecule has 0 radical (unpaired) electrons. The van der Waals surface area contributed by atoms with Gasteiger partial charge in [0.05, 0.1) is 21.7 Å². The summed E-state index contributed by atoms with van der Waals surface area (Å²) < 4.78 is 27.7. The molecule has 0 aliphatic rings. The number of halogens is 1. The maximum Gasteiger partial charge on any atom is 0.178 e. The number of rotatable bonds is 3. The minimum absolute atomic E-state index is 0.0662. The van der Waals surface area contributed by atoms with E-state index in [1.54, 1.807) is 19.1 Å². The molecular weight excluding hydrogens is 376 g/mol. The van der Waals surface area contributed by atoms with Crippen molar-refractivity contribution in [3.8, 4) is 11.4 Å². The van der Waals surface area contributed by atoms with Gasteiger partial charge in [0.15, 0.2) is 9.84 Å². The first-order valence-electron chi connectivity index (χ1n) is 7.30. The predicted molar refractivity (Wildman–Crippen MR) is 96.3 cm³/mol. The summed E-state index contributed by atoms with van der Waals surface area (Å²) in [5.41, 5.74) is 3.54. The number of benzene rings is 2. The van der Waals surface area contributed by atoms with Crippen molar-refractivity contribution in [2.24, 2.45) is 7.05 Å². The second kappa shape index (κ2) is 5.76. The van der Waals surface area contributed by atoms with Crippen molar-refractivity contribution < 1.29 is 8.42 Å². The Morgan fingerprint density at radius 3 is 2.61 bits per heavy atom. The van der Waals surface area contributed by atoms with Crippen LogP contribution in [0.4, 0.5) is 0 Å². The lowest BCUT2D eigenvalue weighted by Gasteiger charge is -2.09. The molecule has 1 aromatic heterocycles. The molecule has 0 N–H and O–H groups in total. The smallest absolute Gasteiger partial charge is 0.178 e. The first-order valence-corrected chi connectivity index (χ1v) is 9.74. The van der Waals surface area contributed by atoms with E-state index < -0.39 is 9.84 Å². The van der Waals surface area contributed by atoms with Crippen LogP contribution >= 0.6 is 15.9 Å². The Labute approximate surface area is 144 Å². The third-order valence-electron chi connectivity index (χ3n) is 3.91. The average Bonchev–Trinajstić information content (AvgIpc) is 2.84. The van der Waals surface area contributed by atoms with Crippen LogP contribution in [0.1, 0.15) is 12.5 Å². The van der Waals surface area contributed by atoms with E-state index in [1.807, 2.05) is 42.8 Å². The van der Waals surface area contributed by atoms with E-state index in [1.165, 1.54) is 0 Å². The molecule has 0 fully saturated rings. The molecule has 0 saturated heterocycles. The van der Waals surface area contributed by atoms with Gasteiger partial charge >= 0.3 is 0 Å². The molecule has 0 unspecified atom stereocenters. The van der Waals surface area contributed by atoms with Gasteiger partial charge in [0.25, 0.3) is 0 Å². The first kappa shape index (κ1) is 16.2. The third-order valence-corrected chi connectivity index (χ3v) is 6.30. The summed E-state index contributed by atoms with van der Waals surface area (Å²) in [5, 5.41) is 0. The van der Waals surface area contributed by atoms with Crippen LogP contribution in [0.15, 0.2) is 45.8 Å². The highest BCUT2D eigenvalue weighted by Gasteiger charge is 2.21. The molecule has 0 atom stereocenters. The lowest BCUT2D eigenvalue weighted by molar-refractivity contribution is 0.597. The van der Waals surface area contributed by atoms with Crippen LogP contribution < -0.4 is 0 Å². The highest BCUT2D eigenvalue weighted by molar-refractivity contribution is 9.10. The fourth-order valence-electron chi connectivity index (χ4n) is 2.75. The number of imidazole rings is 1. The average molecular weight is 393 g/mol. The Hall–Kier alpha value is -1.66. The topological polar surface area (TPSA) is 52.0 Å². The highest BCUT2D eigenvalue weighted by Crippen LogP contribution is 2.33. The minimum Gasteiger partial charge on any atom is -0.326 e. The molecule has 3 rings (SSSR count). The Kier molecular flexibility index (Phi) is 4.06. The van der Waals surface area contributed by atoms with E-state index in [0.717, 1.165) is 21.1 Å². The molecule has 1 heterocycles. The summed E-state index contributed by atoms with van der Waals surface area (Å²) in [6.45, 7) is 3.66. The molecule has 4 nitrogen and oxygen atoms in total. The monoisotopic (exact) mass is 392 g/mol. The van der Waals surface area contributed by atoms with Crippen molar-refractivity contribution in [2.75, 3.05) is 5.75 Å². The molecule has 3 aromatic rings. The van der Waals surface area contributed by atoms with Crippen molar-refractivity contribution in [2.45, 2.75) is 18.7 Å². The number of sulfone groups is 1. The summed E-state index contributed by atoms with van der Waals surface area (Å²) in [4.78, 5) is 5.01. The van der Waals surface area contributed by atoms with Crippen molar-refractivity contribution in [1.29, 1.82) is 0 Å². The fourth-order valence-corrected chi connectivity index (χ4v) is 4.67. The zero-order valence-corrected chi connectivity index (χ0v) is 15.6. The molecule has 0 saturated carbocycles. The highest BCUT2D eigenvalue weighted by atomic mass is 79.9. The van der Waals surface area contributed by atoms with Crippen molar-refractivity contribution >= 4 is 36.8 Å². The Morgan fingerprint density at radius 2 is 1.91 bits per heavy atom. The SMILES string of the molecule is CCS(=O)(=O)c1ccccc1-c1nc2cc(C)cc(Br)c2n1C. The van der Waals surface area contributed by atoms with Crippen LogP contribution in [0.2, 0.25) is 0 Å². The van der Waals surface area contributed by atoms with E-state index >= 15 is 0 Å². The Morgan fingerprint density at radius 1 is 1.22 bits per heavy atom. The number of aryl methyl sites for hydroxylation is 2. The summed E-state index contributed by atoms with van der Waals surface area (Å²) in [7, 11) is -1.41. The van der Waals surface area contributed by atoms with Crippen molar-refractivity contribution in [3.05, 3.63) is 46.4 Å². The van der Waals surface area contributed by atoms with Crippen LogP contribution in [0.5, 0.6) is 0 Å². The quantitative estimate of drug-likeness (QED) is 0.673. The lowest BCUT2D eigenvalue weighted by atomic mass is 10.2. The van der Waals surface area contributed by atoms with Gasteiger partial charge < -0.3 is 4.57 Å². The second-order valence-electron chi connectivity index (χ2n) is 5.51. The number of nitrogens with zero attached hydrogens (tertiary/aromatic N) is 2. The molecule has 0 aliphatic carbocycles. The molecule has 120 valence electrons. The van der Waals surface area contributed by atoms with Gasteiger partial charge in [-0.05, 0) is 52.7 Å². The van der Waals surface area contributed by atoms with Crippen molar-refractivity contribution in [3.63, 3.8) is 0 Å². The summed E-state index contributed by atoms with van der Waals surface area (Å²) in [5.74, 6) is 0.718. The van der Waals surface area contributed by atoms with E-state index in [2.05, 4.69) is 20.9 Å². The third kappa shape index (κ3) is 2.70. The maximum absolute atomic E-state index is 12.4. The lowest BCUT2D eigenvalue weighted by Crippen LogP contribution is -2.07. The standard InChI is InChI=1S/C17H17BrN2O2S/c1-4-23(21,22)15-8-6-5-7-12(15)17-19-14-10-11(2)9-13(18)16(14)20(17)3/h5-10H,4H2,1-3H3.